The Bertz CT molecular complexity index is 402. The van der Waals surface area contributed by atoms with Gasteiger partial charge in [0, 0.05) is 6.54 Å². The SMILES string of the molecule is COc1ccc(COC(=O)[C@@H]2CNC[C@H]2C)cc1. The van der Waals surface area contributed by atoms with Gasteiger partial charge in [-0.1, -0.05) is 19.1 Å². The van der Waals surface area contributed by atoms with Crippen molar-refractivity contribution >= 4 is 5.97 Å². The molecule has 0 amide bonds. The Labute approximate surface area is 107 Å². The number of nitrogens with one attached hydrogen (secondary N) is 1. The molecule has 1 aliphatic heterocycles. The number of ether oxygens (including phenoxy) is 2. The average Bonchev–Trinajstić information content (AvgIpc) is 2.83. The lowest BCUT2D eigenvalue weighted by molar-refractivity contribution is -0.150. The highest BCUT2D eigenvalue weighted by atomic mass is 16.5. The van der Waals surface area contributed by atoms with Gasteiger partial charge in [0.05, 0.1) is 13.0 Å². The number of rotatable bonds is 4. The fourth-order valence-electron chi connectivity index (χ4n) is 2.11. The van der Waals surface area contributed by atoms with E-state index in [0.717, 1.165) is 24.4 Å². The van der Waals surface area contributed by atoms with E-state index >= 15 is 0 Å². The van der Waals surface area contributed by atoms with Gasteiger partial charge in [0.1, 0.15) is 12.4 Å². The fraction of sp³-hybridized carbons (Fsp3) is 0.500. The smallest absolute Gasteiger partial charge is 0.310 e. The summed E-state index contributed by atoms with van der Waals surface area (Å²) in [6, 6.07) is 7.54. The van der Waals surface area contributed by atoms with E-state index in [4.69, 9.17) is 9.47 Å². The van der Waals surface area contributed by atoms with Gasteiger partial charge in [-0.05, 0) is 30.2 Å². The number of benzene rings is 1. The summed E-state index contributed by atoms with van der Waals surface area (Å²) >= 11 is 0. The predicted octanol–water partition coefficient (Wildman–Crippen LogP) is 1.59. The van der Waals surface area contributed by atoms with E-state index in [9.17, 15) is 4.79 Å². The largest absolute Gasteiger partial charge is 0.497 e. The molecular weight excluding hydrogens is 230 g/mol. The second-order valence-electron chi connectivity index (χ2n) is 4.70. The van der Waals surface area contributed by atoms with Crippen LogP contribution in [0.1, 0.15) is 12.5 Å². The highest BCUT2D eigenvalue weighted by Gasteiger charge is 2.30. The summed E-state index contributed by atoms with van der Waals surface area (Å²) < 4.78 is 10.4. The Balaban J connectivity index is 1.85. The highest BCUT2D eigenvalue weighted by molar-refractivity contribution is 5.73. The molecule has 4 nitrogen and oxygen atoms in total. The van der Waals surface area contributed by atoms with Gasteiger partial charge >= 0.3 is 5.97 Å². The topological polar surface area (TPSA) is 47.6 Å². The van der Waals surface area contributed by atoms with Crippen molar-refractivity contribution in [2.75, 3.05) is 20.2 Å². The third kappa shape index (κ3) is 3.01. The molecule has 0 saturated carbocycles. The molecule has 0 spiro atoms. The fourth-order valence-corrected chi connectivity index (χ4v) is 2.11. The Kier molecular flexibility index (Phi) is 4.20. The van der Waals surface area contributed by atoms with Crippen molar-refractivity contribution in [2.24, 2.45) is 11.8 Å². The number of carbonyl (C=O) groups is 1. The van der Waals surface area contributed by atoms with Gasteiger partial charge in [-0.15, -0.1) is 0 Å². The number of hydrogen-bond acceptors (Lipinski definition) is 4. The van der Waals surface area contributed by atoms with Crippen LogP contribution in [0.15, 0.2) is 24.3 Å². The number of carbonyl (C=O) groups excluding carboxylic acids is 1. The zero-order chi connectivity index (χ0) is 13.0. The van der Waals surface area contributed by atoms with Gasteiger partial charge in [-0.3, -0.25) is 4.79 Å². The van der Waals surface area contributed by atoms with Crippen LogP contribution in [0.5, 0.6) is 5.75 Å². The minimum atomic E-state index is -0.108. The standard InChI is InChI=1S/C14H19NO3/c1-10-7-15-8-13(10)14(16)18-9-11-3-5-12(17-2)6-4-11/h3-6,10,13,15H,7-9H2,1-2H3/t10-,13-/m1/s1. The summed E-state index contributed by atoms with van der Waals surface area (Å²) in [5, 5.41) is 3.20. The molecule has 2 atom stereocenters. The third-order valence-electron chi connectivity index (χ3n) is 3.36. The molecule has 0 aliphatic carbocycles. The maximum atomic E-state index is 11.9. The molecule has 1 aliphatic rings. The van der Waals surface area contributed by atoms with E-state index in [1.54, 1.807) is 7.11 Å². The van der Waals surface area contributed by atoms with Crippen LogP contribution in [0.2, 0.25) is 0 Å². The van der Waals surface area contributed by atoms with E-state index < -0.39 is 0 Å². The lowest BCUT2D eigenvalue weighted by atomic mass is 9.99. The molecule has 2 rings (SSSR count). The monoisotopic (exact) mass is 249 g/mol. The predicted molar refractivity (Wildman–Crippen MR) is 68.3 cm³/mol. The third-order valence-corrected chi connectivity index (χ3v) is 3.36. The molecule has 0 aromatic heterocycles. The van der Waals surface area contributed by atoms with Gasteiger partial charge in [-0.2, -0.15) is 0 Å². The molecule has 1 aromatic carbocycles. The molecule has 1 heterocycles. The summed E-state index contributed by atoms with van der Waals surface area (Å²) in [5.41, 5.74) is 0.975. The Morgan fingerprint density at radius 2 is 2.06 bits per heavy atom. The lowest BCUT2D eigenvalue weighted by Gasteiger charge is -2.13. The van der Waals surface area contributed by atoms with Crippen LogP contribution in [-0.2, 0) is 16.1 Å². The Hall–Kier alpha value is -1.55. The normalized spacial score (nSPS) is 22.8. The molecule has 1 aromatic rings. The number of esters is 1. The molecule has 4 heteroatoms. The summed E-state index contributed by atoms with van der Waals surface area (Å²) in [4.78, 5) is 11.9. The first-order valence-electron chi connectivity index (χ1n) is 6.21. The van der Waals surface area contributed by atoms with Gasteiger partial charge in [-0.25, -0.2) is 0 Å². The van der Waals surface area contributed by atoms with Crippen molar-refractivity contribution in [3.63, 3.8) is 0 Å². The number of methoxy groups -OCH3 is 1. The summed E-state index contributed by atoms with van der Waals surface area (Å²) in [5.74, 6) is 1.04. The first kappa shape index (κ1) is 12.9. The molecule has 0 bridgehead atoms. The van der Waals surface area contributed by atoms with E-state index in [-0.39, 0.29) is 11.9 Å². The molecular formula is C14H19NO3. The molecule has 18 heavy (non-hydrogen) atoms. The minimum absolute atomic E-state index is 0.0109. The summed E-state index contributed by atoms with van der Waals surface area (Å²) in [6.45, 7) is 4.01. The van der Waals surface area contributed by atoms with Crippen molar-refractivity contribution < 1.29 is 14.3 Å². The first-order valence-corrected chi connectivity index (χ1v) is 6.21. The molecule has 1 fully saturated rings. The molecule has 1 N–H and O–H groups in total. The van der Waals surface area contributed by atoms with Crippen molar-refractivity contribution in [1.82, 2.24) is 5.32 Å². The van der Waals surface area contributed by atoms with Gasteiger partial charge in [0.15, 0.2) is 0 Å². The maximum absolute atomic E-state index is 11.9. The zero-order valence-corrected chi connectivity index (χ0v) is 10.8. The van der Waals surface area contributed by atoms with E-state index in [2.05, 4.69) is 12.2 Å². The Morgan fingerprint density at radius 3 is 2.61 bits per heavy atom. The van der Waals surface area contributed by atoms with Crippen LogP contribution in [0.3, 0.4) is 0 Å². The summed E-state index contributed by atoms with van der Waals surface area (Å²) in [6.07, 6.45) is 0. The van der Waals surface area contributed by atoms with Gasteiger partial charge < -0.3 is 14.8 Å². The molecule has 1 saturated heterocycles. The second-order valence-corrected chi connectivity index (χ2v) is 4.70. The van der Waals surface area contributed by atoms with Gasteiger partial charge in [0.2, 0.25) is 0 Å². The zero-order valence-electron chi connectivity index (χ0n) is 10.8. The van der Waals surface area contributed by atoms with E-state index in [1.807, 2.05) is 24.3 Å². The van der Waals surface area contributed by atoms with Crippen LogP contribution in [-0.4, -0.2) is 26.2 Å². The first-order chi connectivity index (χ1) is 8.70. The highest BCUT2D eigenvalue weighted by Crippen LogP contribution is 2.18. The van der Waals surface area contributed by atoms with Crippen LogP contribution in [0, 0.1) is 11.8 Å². The molecule has 0 radical (unpaired) electrons. The van der Waals surface area contributed by atoms with Crippen LogP contribution in [0.25, 0.3) is 0 Å². The van der Waals surface area contributed by atoms with Crippen molar-refractivity contribution in [3.8, 4) is 5.75 Å². The lowest BCUT2D eigenvalue weighted by Crippen LogP contribution is -2.23. The van der Waals surface area contributed by atoms with Gasteiger partial charge in [0.25, 0.3) is 0 Å². The van der Waals surface area contributed by atoms with Crippen molar-refractivity contribution in [2.45, 2.75) is 13.5 Å². The maximum Gasteiger partial charge on any atom is 0.310 e. The van der Waals surface area contributed by atoms with E-state index in [1.165, 1.54) is 0 Å². The summed E-state index contributed by atoms with van der Waals surface area (Å²) in [7, 11) is 1.63. The second kappa shape index (κ2) is 5.87. The van der Waals surface area contributed by atoms with Crippen molar-refractivity contribution in [1.29, 1.82) is 0 Å². The Morgan fingerprint density at radius 1 is 1.33 bits per heavy atom. The van der Waals surface area contributed by atoms with Crippen LogP contribution < -0.4 is 10.1 Å². The minimum Gasteiger partial charge on any atom is -0.497 e. The molecule has 0 unspecified atom stereocenters. The molecule has 98 valence electrons. The van der Waals surface area contributed by atoms with Crippen molar-refractivity contribution in [3.05, 3.63) is 29.8 Å². The average molecular weight is 249 g/mol. The quantitative estimate of drug-likeness (QED) is 0.823. The number of hydrogen-bond donors (Lipinski definition) is 1. The van der Waals surface area contributed by atoms with Crippen LogP contribution in [0.4, 0.5) is 0 Å². The van der Waals surface area contributed by atoms with E-state index in [0.29, 0.717) is 12.5 Å². The van der Waals surface area contributed by atoms with Crippen LogP contribution >= 0.6 is 0 Å².